The molecule has 0 spiro atoms. The summed E-state index contributed by atoms with van der Waals surface area (Å²) in [6, 6.07) is 9.98. The molecule has 2 aromatic carbocycles. The first kappa shape index (κ1) is 9.42. The fourth-order valence-corrected chi connectivity index (χ4v) is 1.62. The van der Waals surface area contributed by atoms with Crippen LogP contribution in [0.3, 0.4) is 0 Å². The average Bonchev–Trinajstić information content (AvgIpc) is 2.27. The first-order chi connectivity index (χ1) is 7.26. The van der Waals surface area contributed by atoms with E-state index in [1.807, 2.05) is 0 Å². The number of benzene rings is 2. The Balaban J connectivity index is 2.94. The smallest absolute Gasteiger partial charge is 0.123 e. The van der Waals surface area contributed by atoms with E-state index in [1.165, 1.54) is 12.1 Å². The van der Waals surface area contributed by atoms with Gasteiger partial charge in [-0.25, -0.2) is 4.39 Å². The second kappa shape index (κ2) is 3.55. The summed E-state index contributed by atoms with van der Waals surface area (Å²) in [4.78, 5) is 0. The summed E-state index contributed by atoms with van der Waals surface area (Å²) < 4.78 is 13.1. The van der Waals surface area contributed by atoms with E-state index in [-0.39, 0.29) is 5.82 Å². The molecule has 0 radical (unpaired) electrons. The molecule has 15 heavy (non-hydrogen) atoms. The molecule has 0 aliphatic heterocycles. The van der Waals surface area contributed by atoms with E-state index in [0.29, 0.717) is 5.56 Å². The first-order valence-electron chi connectivity index (χ1n) is 4.51. The lowest BCUT2D eigenvalue weighted by Gasteiger charge is -2.04. The fraction of sp³-hybridized carbons (Fsp3) is 0. The molecule has 0 saturated carbocycles. The molecule has 0 saturated heterocycles. The van der Waals surface area contributed by atoms with Gasteiger partial charge in [0.2, 0.25) is 0 Å². The van der Waals surface area contributed by atoms with Crippen LogP contribution in [0.4, 0.5) is 4.39 Å². The van der Waals surface area contributed by atoms with E-state index in [1.54, 1.807) is 24.3 Å². The third-order valence-electron chi connectivity index (χ3n) is 2.35. The van der Waals surface area contributed by atoms with Gasteiger partial charge in [-0.3, -0.25) is 0 Å². The number of nitriles is 1. The van der Waals surface area contributed by atoms with E-state index in [0.717, 1.165) is 16.3 Å². The van der Waals surface area contributed by atoms with Gasteiger partial charge in [-0.1, -0.05) is 24.8 Å². The van der Waals surface area contributed by atoms with Crippen LogP contribution in [0.15, 0.2) is 36.9 Å². The second-order valence-electron chi connectivity index (χ2n) is 3.21. The van der Waals surface area contributed by atoms with E-state index in [4.69, 9.17) is 5.26 Å². The van der Waals surface area contributed by atoms with Gasteiger partial charge in [-0.2, -0.15) is 5.26 Å². The van der Waals surface area contributed by atoms with Gasteiger partial charge in [-0.05, 0) is 29.1 Å². The molecule has 1 nitrogen and oxygen atoms in total. The number of fused-ring (bicyclic) bond motifs is 1. The Morgan fingerprint density at radius 3 is 2.67 bits per heavy atom. The molecule has 0 fully saturated rings. The molecule has 0 amide bonds. The molecular weight excluding hydrogens is 189 g/mol. The molecule has 0 atom stereocenters. The lowest BCUT2D eigenvalue weighted by molar-refractivity contribution is 0.629. The second-order valence-corrected chi connectivity index (χ2v) is 3.21. The maximum absolute atomic E-state index is 13.1. The topological polar surface area (TPSA) is 23.8 Å². The quantitative estimate of drug-likeness (QED) is 0.686. The third-order valence-corrected chi connectivity index (χ3v) is 2.35. The number of hydrogen-bond acceptors (Lipinski definition) is 1. The minimum absolute atomic E-state index is 0.305. The third kappa shape index (κ3) is 1.49. The Kier molecular flexibility index (Phi) is 2.23. The van der Waals surface area contributed by atoms with Gasteiger partial charge in [-0.15, -0.1) is 0 Å². The highest BCUT2D eigenvalue weighted by atomic mass is 19.1. The standard InChI is InChI=1S/C13H8FN/c1-2-9-3-4-10(8-15)12-6-5-11(14)7-13(9)12/h2-7H,1H2. The van der Waals surface area contributed by atoms with Crippen molar-refractivity contribution < 1.29 is 4.39 Å². The van der Waals surface area contributed by atoms with Crippen LogP contribution in [0.2, 0.25) is 0 Å². The van der Waals surface area contributed by atoms with E-state index in [9.17, 15) is 4.39 Å². The Hall–Kier alpha value is -2.14. The van der Waals surface area contributed by atoms with Gasteiger partial charge in [0.05, 0.1) is 11.6 Å². The number of hydrogen-bond donors (Lipinski definition) is 0. The molecule has 0 aliphatic rings. The van der Waals surface area contributed by atoms with Gasteiger partial charge < -0.3 is 0 Å². The van der Waals surface area contributed by atoms with Crippen molar-refractivity contribution in [2.45, 2.75) is 0 Å². The van der Waals surface area contributed by atoms with Gasteiger partial charge in [0, 0.05) is 5.39 Å². The summed E-state index contributed by atoms with van der Waals surface area (Å²) in [6.45, 7) is 3.66. The summed E-state index contributed by atoms with van der Waals surface area (Å²) in [6.07, 6.45) is 1.66. The molecule has 2 heteroatoms. The van der Waals surface area contributed by atoms with Crippen molar-refractivity contribution in [2.24, 2.45) is 0 Å². The zero-order valence-electron chi connectivity index (χ0n) is 8.00. The molecule has 0 unspecified atom stereocenters. The van der Waals surface area contributed by atoms with Gasteiger partial charge in [0.1, 0.15) is 5.82 Å². The van der Waals surface area contributed by atoms with Gasteiger partial charge >= 0.3 is 0 Å². The van der Waals surface area contributed by atoms with E-state index in [2.05, 4.69) is 12.6 Å². The van der Waals surface area contributed by atoms with Crippen LogP contribution in [0.25, 0.3) is 16.8 Å². The summed E-state index contributed by atoms with van der Waals surface area (Å²) in [5, 5.41) is 10.4. The Bertz CT molecular complexity index is 579. The molecule has 0 bridgehead atoms. The minimum Gasteiger partial charge on any atom is -0.207 e. The van der Waals surface area contributed by atoms with Gasteiger partial charge in [0.25, 0.3) is 0 Å². The van der Waals surface area contributed by atoms with Crippen LogP contribution in [0.1, 0.15) is 11.1 Å². The fourth-order valence-electron chi connectivity index (χ4n) is 1.62. The predicted molar refractivity (Wildman–Crippen MR) is 58.7 cm³/mol. The Morgan fingerprint density at radius 1 is 1.20 bits per heavy atom. The molecule has 0 N–H and O–H groups in total. The van der Waals surface area contributed by atoms with Crippen LogP contribution in [0.5, 0.6) is 0 Å². The van der Waals surface area contributed by atoms with Crippen molar-refractivity contribution in [3.63, 3.8) is 0 Å². The lowest BCUT2D eigenvalue weighted by atomic mass is 10.00. The number of halogens is 1. The van der Waals surface area contributed by atoms with Crippen molar-refractivity contribution in [1.29, 1.82) is 5.26 Å². The van der Waals surface area contributed by atoms with Gasteiger partial charge in [0.15, 0.2) is 0 Å². The average molecular weight is 197 g/mol. The van der Waals surface area contributed by atoms with Crippen LogP contribution >= 0.6 is 0 Å². The van der Waals surface area contributed by atoms with Crippen molar-refractivity contribution >= 4 is 16.8 Å². The lowest BCUT2D eigenvalue weighted by Crippen LogP contribution is -1.85. The summed E-state index contributed by atoms with van der Waals surface area (Å²) >= 11 is 0. The highest BCUT2D eigenvalue weighted by Crippen LogP contribution is 2.24. The first-order valence-corrected chi connectivity index (χ1v) is 4.51. The maximum atomic E-state index is 13.1. The van der Waals surface area contributed by atoms with Crippen LogP contribution in [-0.4, -0.2) is 0 Å². The molecule has 0 aliphatic carbocycles. The van der Waals surface area contributed by atoms with E-state index >= 15 is 0 Å². The summed E-state index contributed by atoms with van der Waals surface area (Å²) in [7, 11) is 0. The summed E-state index contributed by atoms with van der Waals surface area (Å²) in [5.41, 5.74) is 1.39. The molecule has 72 valence electrons. The molecule has 2 aromatic rings. The number of nitrogens with zero attached hydrogens (tertiary/aromatic N) is 1. The Labute approximate surface area is 87.1 Å². The van der Waals surface area contributed by atoms with Crippen molar-refractivity contribution in [3.05, 3.63) is 53.9 Å². The molecule has 2 rings (SSSR count). The van der Waals surface area contributed by atoms with Crippen molar-refractivity contribution in [1.82, 2.24) is 0 Å². The normalized spacial score (nSPS) is 9.87. The molecule has 0 aromatic heterocycles. The molecular formula is C13H8FN. The zero-order chi connectivity index (χ0) is 10.8. The van der Waals surface area contributed by atoms with E-state index < -0.39 is 0 Å². The van der Waals surface area contributed by atoms with Crippen LogP contribution in [-0.2, 0) is 0 Å². The zero-order valence-corrected chi connectivity index (χ0v) is 8.00. The van der Waals surface area contributed by atoms with Crippen LogP contribution < -0.4 is 0 Å². The predicted octanol–water partition coefficient (Wildman–Crippen LogP) is 3.49. The van der Waals surface area contributed by atoms with Crippen LogP contribution in [0, 0.1) is 17.1 Å². The SMILES string of the molecule is C=Cc1ccc(C#N)c2ccc(F)cc12. The summed E-state index contributed by atoms with van der Waals surface area (Å²) in [5.74, 6) is -0.305. The number of rotatable bonds is 1. The maximum Gasteiger partial charge on any atom is 0.123 e. The van der Waals surface area contributed by atoms with Crippen molar-refractivity contribution in [2.75, 3.05) is 0 Å². The largest absolute Gasteiger partial charge is 0.207 e. The van der Waals surface area contributed by atoms with Crippen molar-refractivity contribution in [3.8, 4) is 6.07 Å². The highest BCUT2D eigenvalue weighted by molar-refractivity contribution is 5.94. The minimum atomic E-state index is -0.305. The monoisotopic (exact) mass is 197 g/mol. The Morgan fingerprint density at radius 2 is 2.00 bits per heavy atom. The molecule has 0 heterocycles. The highest BCUT2D eigenvalue weighted by Gasteiger charge is 2.04.